The van der Waals surface area contributed by atoms with Crippen molar-refractivity contribution in [2.24, 2.45) is 0 Å². The van der Waals surface area contributed by atoms with Gasteiger partial charge in [0.15, 0.2) is 0 Å². The second-order valence-electron chi connectivity index (χ2n) is 4.35. The molecule has 0 amide bonds. The lowest BCUT2D eigenvalue weighted by Gasteiger charge is -2.10. The normalized spacial score (nSPS) is 10.3. The van der Waals surface area contributed by atoms with Crippen LogP contribution in [-0.4, -0.2) is 4.98 Å². The summed E-state index contributed by atoms with van der Waals surface area (Å²) in [6.45, 7) is 0.582. The quantitative estimate of drug-likeness (QED) is 0.734. The second-order valence-corrected chi connectivity index (χ2v) is 4.35. The summed E-state index contributed by atoms with van der Waals surface area (Å²) in [4.78, 5) is 3.21. The largest absolute Gasteiger partial charge is 0.488 e. The Bertz CT molecular complexity index is 629. The van der Waals surface area contributed by atoms with Crippen LogP contribution < -0.4 is 4.74 Å². The van der Waals surface area contributed by atoms with E-state index in [1.807, 2.05) is 54.7 Å². The van der Waals surface area contributed by atoms with Crippen LogP contribution in [0.5, 0.6) is 5.75 Å². The van der Waals surface area contributed by atoms with Crippen LogP contribution in [0.25, 0.3) is 11.3 Å². The van der Waals surface area contributed by atoms with Crippen molar-refractivity contribution in [3.63, 3.8) is 0 Å². The van der Waals surface area contributed by atoms with Crippen LogP contribution in [0.15, 0.2) is 72.9 Å². The van der Waals surface area contributed by atoms with Gasteiger partial charge in [-0.3, -0.25) is 0 Å². The fraction of sp³-hybridized carbons (Fsp3) is 0.0588. The topological polar surface area (TPSA) is 25.0 Å². The minimum Gasteiger partial charge on any atom is -0.488 e. The number of rotatable bonds is 4. The van der Waals surface area contributed by atoms with Crippen LogP contribution in [0.2, 0.25) is 0 Å². The first-order chi connectivity index (χ1) is 9.43. The van der Waals surface area contributed by atoms with Gasteiger partial charge < -0.3 is 9.72 Å². The molecule has 0 aliphatic heterocycles. The third kappa shape index (κ3) is 2.68. The van der Waals surface area contributed by atoms with E-state index in [0.29, 0.717) is 6.61 Å². The standard InChI is InChI=1S/C17H15NO/c1-2-7-14(8-3-1)13-19-17-11-5-4-9-15(17)16-10-6-12-18-16/h1-12,18H,13H2. The minimum atomic E-state index is 0.582. The van der Waals surface area contributed by atoms with Gasteiger partial charge in [-0.05, 0) is 29.8 Å². The summed E-state index contributed by atoms with van der Waals surface area (Å²) in [7, 11) is 0. The summed E-state index contributed by atoms with van der Waals surface area (Å²) in [5, 5.41) is 0. The molecule has 0 saturated heterocycles. The molecule has 0 spiro atoms. The molecule has 0 radical (unpaired) electrons. The molecule has 1 aromatic heterocycles. The van der Waals surface area contributed by atoms with Crippen molar-refractivity contribution in [3.05, 3.63) is 78.5 Å². The van der Waals surface area contributed by atoms with E-state index in [-0.39, 0.29) is 0 Å². The fourth-order valence-corrected chi connectivity index (χ4v) is 2.05. The lowest BCUT2D eigenvalue weighted by atomic mass is 10.1. The van der Waals surface area contributed by atoms with E-state index in [4.69, 9.17) is 4.74 Å². The molecule has 2 nitrogen and oxygen atoms in total. The van der Waals surface area contributed by atoms with Crippen molar-refractivity contribution in [1.82, 2.24) is 4.98 Å². The minimum absolute atomic E-state index is 0.582. The van der Waals surface area contributed by atoms with Crippen molar-refractivity contribution in [3.8, 4) is 17.0 Å². The SMILES string of the molecule is c1ccc(COc2ccccc2-c2ccc[nH]2)cc1. The molecule has 94 valence electrons. The highest BCUT2D eigenvalue weighted by atomic mass is 16.5. The second kappa shape index (κ2) is 5.44. The summed E-state index contributed by atoms with van der Waals surface area (Å²) in [5.41, 5.74) is 3.33. The number of aromatic amines is 1. The summed E-state index contributed by atoms with van der Waals surface area (Å²) < 4.78 is 5.93. The first-order valence-electron chi connectivity index (χ1n) is 6.33. The number of H-pyrrole nitrogens is 1. The van der Waals surface area contributed by atoms with Crippen LogP contribution in [0.4, 0.5) is 0 Å². The molecule has 3 aromatic rings. The summed E-state index contributed by atoms with van der Waals surface area (Å²) in [6.07, 6.45) is 1.92. The number of hydrogen-bond donors (Lipinski definition) is 1. The van der Waals surface area contributed by atoms with Gasteiger partial charge in [-0.15, -0.1) is 0 Å². The fourth-order valence-electron chi connectivity index (χ4n) is 2.05. The maximum absolute atomic E-state index is 5.93. The van der Waals surface area contributed by atoms with Crippen LogP contribution in [-0.2, 0) is 6.61 Å². The molecule has 0 aliphatic rings. The Morgan fingerprint density at radius 3 is 2.37 bits per heavy atom. The van der Waals surface area contributed by atoms with Crippen molar-refractivity contribution < 1.29 is 4.74 Å². The molecule has 0 atom stereocenters. The van der Waals surface area contributed by atoms with Gasteiger partial charge in [-0.2, -0.15) is 0 Å². The molecule has 0 fully saturated rings. The maximum Gasteiger partial charge on any atom is 0.129 e. The van der Waals surface area contributed by atoms with Gasteiger partial charge in [0, 0.05) is 17.5 Å². The van der Waals surface area contributed by atoms with Crippen LogP contribution in [0.3, 0.4) is 0 Å². The zero-order valence-corrected chi connectivity index (χ0v) is 10.5. The molecule has 0 unspecified atom stereocenters. The zero-order chi connectivity index (χ0) is 12.9. The zero-order valence-electron chi connectivity index (χ0n) is 10.5. The van der Waals surface area contributed by atoms with Gasteiger partial charge >= 0.3 is 0 Å². The highest BCUT2D eigenvalue weighted by Gasteiger charge is 2.06. The van der Waals surface area contributed by atoms with E-state index < -0.39 is 0 Å². The lowest BCUT2D eigenvalue weighted by molar-refractivity contribution is 0.307. The van der Waals surface area contributed by atoms with E-state index in [1.165, 1.54) is 5.56 Å². The predicted molar refractivity (Wildman–Crippen MR) is 77.0 cm³/mol. The van der Waals surface area contributed by atoms with Crippen LogP contribution >= 0.6 is 0 Å². The third-order valence-electron chi connectivity index (χ3n) is 3.01. The Balaban J connectivity index is 1.82. The molecule has 0 saturated carbocycles. The Kier molecular flexibility index (Phi) is 3.32. The summed E-state index contributed by atoms with van der Waals surface area (Å²) in [6, 6.07) is 22.3. The monoisotopic (exact) mass is 249 g/mol. The van der Waals surface area contributed by atoms with E-state index in [0.717, 1.165) is 17.0 Å². The van der Waals surface area contributed by atoms with Gasteiger partial charge in [0.2, 0.25) is 0 Å². The molecule has 1 heterocycles. The molecule has 0 aliphatic carbocycles. The molecular weight excluding hydrogens is 234 g/mol. The highest BCUT2D eigenvalue weighted by Crippen LogP contribution is 2.28. The molecular formula is C17H15NO. The van der Waals surface area contributed by atoms with Crippen LogP contribution in [0, 0.1) is 0 Å². The molecule has 19 heavy (non-hydrogen) atoms. The highest BCUT2D eigenvalue weighted by molar-refractivity contribution is 5.67. The molecule has 2 heteroatoms. The third-order valence-corrected chi connectivity index (χ3v) is 3.01. The van der Waals surface area contributed by atoms with Gasteiger partial charge in [0.05, 0.1) is 0 Å². The summed E-state index contributed by atoms with van der Waals surface area (Å²) in [5.74, 6) is 0.897. The number of ether oxygens (including phenoxy) is 1. The van der Waals surface area contributed by atoms with E-state index >= 15 is 0 Å². The Labute approximate surface area is 112 Å². The van der Waals surface area contributed by atoms with E-state index in [2.05, 4.69) is 23.2 Å². The van der Waals surface area contributed by atoms with Crippen molar-refractivity contribution >= 4 is 0 Å². The average molecular weight is 249 g/mol. The van der Waals surface area contributed by atoms with Crippen molar-refractivity contribution in [2.75, 3.05) is 0 Å². The summed E-state index contributed by atoms with van der Waals surface area (Å²) >= 11 is 0. The van der Waals surface area contributed by atoms with Gasteiger partial charge in [0.25, 0.3) is 0 Å². The molecule has 2 aromatic carbocycles. The van der Waals surface area contributed by atoms with Gasteiger partial charge in [-0.1, -0.05) is 42.5 Å². The molecule has 1 N–H and O–H groups in total. The number of benzene rings is 2. The van der Waals surface area contributed by atoms with Crippen molar-refractivity contribution in [2.45, 2.75) is 6.61 Å². The van der Waals surface area contributed by atoms with Gasteiger partial charge in [0.1, 0.15) is 12.4 Å². The number of para-hydroxylation sites is 1. The van der Waals surface area contributed by atoms with Crippen LogP contribution in [0.1, 0.15) is 5.56 Å². The first kappa shape index (κ1) is 11.6. The predicted octanol–water partition coefficient (Wildman–Crippen LogP) is 4.26. The molecule has 0 bridgehead atoms. The Morgan fingerprint density at radius 1 is 0.789 bits per heavy atom. The average Bonchev–Trinajstić information content (AvgIpc) is 3.01. The Morgan fingerprint density at radius 2 is 1.58 bits per heavy atom. The smallest absolute Gasteiger partial charge is 0.129 e. The number of nitrogens with one attached hydrogen (secondary N) is 1. The molecule has 3 rings (SSSR count). The Hall–Kier alpha value is -2.48. The van der Waals surface area contributed by atoms with E-state index in [1.54, 1.807) is 0 Å². The lowest BCUT2D eigenvalue weighted by Crippen LogP contribution is -1.96. The van der Waals surface area contributed by atoms with E-state index in [9.17, 15) is 0 Å². The number of hydrogen-bond acceptors (Lipinski definition) is 1. The maximum atomic E-state index is 5.93. The van der Waals surface area contributed by atoms with Gasteiger partial charge in [-0.25, -0.2) is 0 Å². The number of aromatic nitrogens is 1. The van der Waals surface area contributed by atoms with Crippen molar-refractivity contribution in [1.29, 1.82) is 0 Å². The first-order valence-corrected chi connectivity index (χ1v) is 6.33.